The van der Waals surface area contributed by atoms with E-state index in [1.54, 1.807) is 24.4 Å². The molecule has 4 nitrogen and oxygen atoms in total. The molecule has 0 bridgehead atoms. The van der Waals surface area contributed by atoms with Gasteiger partial charge in [0.15, 0.2) is 0 Å². The van der Waals surface area contributed by atoms with E-state index in [2.05, 4.69) is 10.3 Å². The molecule has 6 heteroatoms. The Morgan fingerprint density at radius 3 is 2.62 bits per heavy atom. The van der Waals surface area contributed by atoms with E-state index in [1.807, 2.05) is 29.7 Å². The molecular formula is C23H19F2N3O. The molecule has 1 amide bonds. The van der Waals surface area contributed by atoms with Gasteiger partial charge in [-0.15, -0.1) is 0 Å². The van der Waals surface area contributed by atoms with Crippen LogP contribution in [0.5, 0.6) is 0 Å². The first-order chi connectivity index (χ1) is 14.0. The number of carbonyl (C=O) groups is 1. The lowest BCUT2D eigenvalue weighted by Crippen LogP contribution is -2.18. The van der Waals surface area contributed by atoms with Crippen LogP contribution in [0.4, 0.5) is 14.5 Å². The summed E-state index contributed by atoms with van der Waals surface area (Å²) < 4.78 is 29.6. The number of imidazole rings is 1. The van der Waals surface area contributed by atoms with Crippen molar-refractivity contribution in [2.24, 2.45) is 0 Å². The van der Waals surface area contributed by atoms with Gasteiger partial charge in [0.05, 0.1) is 5.69 Å². The molecule has 0 unspecified atom stereocenters. The van der Waals surface area contributed by atoms with E-state index in [4.69, 9.17) is 0 Å². The Morgan fingerprint density at radius 2 is 1.86 bits per heavy atom. The van der Waals surface area contributed by atoms with E-state index in [0.717, 1.165) is 16.9 Å². The summed E-state index contributed by atoms with van der Waals surface area (Å²) in [6.07, 6.45) is 3.57. The summed E-state index contributed by atoms with van der Waals surface area (Å²) in [5.74, 6) is -1.59. The maximum atomic E-state index is 14.6. The van der Waals surface area contributed by atoms with Crippen LogP contribution < -0.4 is 5.32 Å². The van der Waals surface area contributed by atoms with E-state index >= 15 is 0 Å². The molecule has 0 radical (unpaired) electrons. The third-order valence-corrected chi connectivity index (χ3v) is 4.85. The van der Waals surface area contributed by atoms with Gasteiger partial charge in [0.25, 0.3) is 0 Å². The number of pyridine rings is 1. The largest absolute Gasteiger partial charge is 0.326 e. The number of nitrogens with one attached hydrogen (secondary N) is 1. The topological polar surface area (TPSA) is 46.4 Å². The molecule has 1 N–H and O–H groups in total. The number of carbonyl (C=O) groups excluding carboxylic acids is 1. The van der Waals surface area contributed by atoms with Crippen LogP contribution in [0.2, 0.25) is 0 Å². The summed E-state index contributed by atoms with van der Waals surface area (Å²) in [5, 5.41) is 2.75. The van der Waals surface area contributed by atoms with Gasteiger partial charge in [-0.3, -0.25) is 4.79 Å². The van der Waals surface area contributed by atoms with Crippen molar-refractivity contribution in [2.45, 2.75) is 19.3 Å². The van der Waals surface area contributed by atoms with Gasteiger partial charge < -0.3 is 9.72 Å². The van der Waals surface area contributed by atoms with Gasteiger partial charge >= 0.3 is 0 Å². The molecule has 29 heavy (non-hydrogen) atoms. The highest BCUT2D eigenvalue weighted by Crippen LogP contribution is 2.31. The van der Waals surface area contributed by atoms with Crippen molar-refractivity contribution >= 4 is 17.2 Å². The van der Waals surface area contributed by atoms with Gasteiger partial charge in [-0.2, -0.15) is 0 Å². The zero-order chi connectivity index (χ0) is 20.4. The minimum atomic E-state index is -0.533. The third kappa shape index (κ3) is 4.01. The molecule has 2 aromatic carbocycles. The smallest absolute Gasteiger partial charge is 0.225 e. The fourth-order valence-corrected chi connectivity index (χ4v) is 3.42. The second-order valence-corrected chi connectivity index (χ2v) is 6.95. The van der Waals surface area contributed by atoms with Gasteiger partial charge in [-0.25, -0.2) is 13.8 Å². The Balaban J connectivity index is 1.70. The van der Waals surface area contributed by atoms with Crippen molar-refractivity contribution in [2.75, 3.05) is 5.32 Å². The number of benzene rings is 2. The minimum Gasteiger partial charge on any atom is -0.326 e. The van der Waals surface area contributed by atoms with Crippen LogP contribution in [0.1, 0.15) is 29.2 Å². The Morgan fingerprint density at radius 1 is 1.10 bits per heavy atom. The van der Waals surface area contributed by atoms with Gasteiger partial charge in [0, 0.05) is 30.4 Å². The fourth-order valence-electron chi connectivity index (χ4n) is 3.42. The second kappa shape index (κ2) is 7.83. The molecule has 4 rings (SSSR count). The van der Waals surface area contributed by atoms with Crippen LogP contribution in [0, 0.1) is 18.6 Å². The number of rotatable bonds is 5. The number of anilines is 1. The Hall–Kier alpha value is -3.54. The summed E-state index contributed by atoms with van der Waals surface area (Å²) in [5.41, 5.74) is 3.42. The lowest BCUT2D eigenvalue weighted by Gasteiger charge is -2.18. The molecule has 0 saturated heterocycles. The zero-order valence-corrected chi connectivity index (χ0v) is 15.8. The van der Waals surface area contributed by atoms with Crippen molar-refractivity contribution in [3.63, 3.8) is 0 Å². The molecular weight excluding hydrogens is 372 g/mol. The summed E-state index contributed by atoms with van der Waals surface area (Å²) in [6.45, 7) is 1.97. The Labute approximate surface area is 166 Å². The van der Waals surface area contributed by atoms with E-state index in [9.17, 15) is 13.6 Å². The molecule has 2 heterocycles. The number of hydrogen-bond acceptors (Lipinski definition) is 2. The van der Waals surface area contributed by atoms with Crippen molar-refractivity contribution in [3.05, 3.63) is 102 Å². The second-order valence-electron chi connectivity index (χ2n) is 6.95. The van der Waals surface area contributed by atoms with Crippen LogP contribution in [0.3, 0.4) is 0 Å². The first kappa shape index (κ1) is 18.8. The summed E-state index contributed by atoms with van der Waals surface area (Å²) in [7, 11) is 0. The summed E-state index contributed by atoms with van der Waals surface area (Å²) >= 11 is 0. The van der Waals surface area contributed by atoms with Crippen LogP contribution in [-0.2, 0) is 4.79 Å². The van der Waals surface area contributed by atoms with Crippen LogP contribution >= 0.6 is 0 Å². The fraction of sp³-hybridized carbons (Fsp3) is 0.130. The van der Waals surface area contributed by atoms with Crippen molar-refractivity contribution < 1.29 is 13.6 Å². The first-order valence-electron chi connectivity index (χ1n) is 9.25. The van der Waals surface area contributed by atoms with Crippen molar-refractivity contribution in [3.8, 4) is 0 Å². The molecule has 1 atom stereocenters. The van der Waals surface area contributed by atoms with Crippen LogP contribution in [0.15, 0.2) is 73.1 Å². The molecule has 0 aliphatic rings. The highest BCUT2D eigenvalue weighted by atomic mass is 19.1. The predicted molar refractivity (Wildman–Crippen MR) is 108 cm³/mol. The number of amides is 1. The predicted octanol–water partition coefficient (Wildman–Crippen LogP) is 5.08. The first-order valence-corrected chi connectivity index (χ1v) is 9.25. The quantitative estimate of drug-likeness (QED) is 0.516. The maximum absolute atomic E-state index is 14.6. The van der Waals surface area contributed by atoms with Crippen LogP contribution in [-0.4, -0.2) is 15.3 Å². The average Bonchev–Trinajstić information content (AvgIpc) is 3.11. The highest BCUT2D eigenvalue weighted by molar-refractivity contribution is 5.91. The van der Waals surface area contributed by atoms with Gasteiger partial charge in [-0.05, 0) is 60.5 Å². The van der Waals surface area contributed by atoms with E-state index in [-0.39, 0.29) is 24.0 Å². The van der Waals surface area contributed by atoms with Gasteiger partial charge in [0.2, 0.25) is 5.91 Å². The molecule has 0 aliphatic heterocycles. The molecule has 146 valence electrons. The standard InChI is InChI=1S/C23H19F2N3O/c1-15-10-11-28-21(14-26-22(28)12-15)19(18-4-2-3-5-20(18)25)13-23(29)27-17-8-6-16(24)7-9-17/h2-12,14,19H,13H2,1H3,(H,27,29)/t19-/m1/s1. The van der Waals surface area contributed by atoms with Crippen molar-refractivity contribution in [1.82, 2.24) is 9.38 Å². The van der Waals surface area contributed by atoms with E-state index in [0.29, 0.717) is 11.3 Å². The number of aryl methyl sites for hydroxylation is 1. The van der Waals surface area contributed by atoms with Crippen molar-refractivity contribution in [1.29, 1.82) is 0 Å². The van der Waals surface area contributed by atoms with Crippen LogP contribution in [0.25, 0.3) is 5.65 Å². The monoisotopic (exact) mass is 391 g/mol. The SMILES string of the molecule is Cc1ccn2c([C@H](CC(=O)Nc3ccc(F)cc3)c3ccccc3F)cnc2c1. The third-order valence-electron chi connectivity index (χ3n) is 4.85. The molecule has 0 fully saturated rings. The summed E-state index contributed by atoms with van der Waals surface area (Å²) in [4.78, 5) is 17.1. The van der Waals surface area contributed by atoms with E-state index < -0.39 is 5.92 Å². The normalized spacial score (nSPS) is 12.1. The Kier molecular flexibility index (Phi) is 5.08. The average molecular weight is 391 g/mol. The molecule has 2 aromatic heterocycles. The summed E-state index contributed by atoms with van der Waals surface area (Å²) in [6, 6.07) is 15.8. The van der Waals surface area contributed by atoms with Gasteiger partial charge in [0.1, 0.15) is 17.3 Å². The highest BCUT2D eigenvalue weighted by Gasteiger charge is 2.24. The number of halogens is 2. The lowest BCUT2D eigenvalue weighted by molar-refractivity contribution is -0.116. The van der Waals surface area contributed by atoms with E-state index in [1.165, 1.54) is 30.3 Å². The molecule has 0 aliphatic carbocycles. The number of hydrogen-bond donors (Lipinski definition) is 1. The lowest BCUT2D eigenvalue weighted by atomic mass is 9.91. The number of nitrogens with zero attached hydrogens (tertiary/aromatic N) is 2. The maximum Gasteiger partial charge on any atom is 0.225 e. The molecule has 4 aromatic rings. The molecule has 0 saturated carbocycles. The number of fused-ring (bicyclic) bond motifs is 1. The number of aromatic nitrogens is 2. The Bertz CT molecular complexity index is 1170. The molecule has 0 spiro atoms. The zero-order valence-electron chi connectivity index (χ0n) is 15.8. The van der Waals surface area contributed by atoms with Gasteiger partial charge in [-0.1, -0.05) is 18.2 Å². The minimum absolute atomic E-state index is 0.0139.